The summed E-state index contributed by atoms with van der Waals surface area (Å²) in [4.78, 5) is 24.7. The number of hydrogen-bond donors (Lipinski definition) is 1. The maximum Gasteiger partial charge on any atom is 0.231 e. The summed E-state index contributed by atoms with van der Waals surface area (Å²) in [6.45, 7) is 3.06. The summed E-state index contributed by atoms with van der Waals surface area (Å²) >= 11 is 0. The Balaban J connectivity index is 1.31. The predicted molar refractivity (Wildman–Crippen MR) is 100 cm³/mol. The van der Waals surface area contributed by atoms with Crippen molar-refractivity contribution in [1.82, 2.24) is 5.32 Å². The molecule has 0 unspecified atom stereocenters. The molecule has 0 saturated carbocycles. The topological polar surface area (TPSA) is 83.1 Å². The number of amides is 1. The van der Waals surface area contributed by atoms with Gasteiger partial charge in [-0.3, -0.25) is 9.59 Å². The van der Waals surface area contributed by atoms with Crippen LogP contribution in [-0.4, -0.2) is 31.7 Å². The maximum absolute atomic E-state index is 12.4. The average molecular weight is 383 g/mol. The van der Waals surface area contributed by atoms with Gasteiger partial charge in [-0.1, -0.05) is 6.07 Å². The minimum atomic E-state index is -0.202. The molecule has 2 aromatic carbocycles. The van der Waals surface area contributed by atoms with Crippen LogP contribution in [0.4, 0.5) is 0 Å². The van der Waals surface area contributed by atoms with E-state index in [1.807, 2.05) is 25.1 Å². The minimum Gasteiger partial charge on any atom is -0.486 e. The van der Waals surface area contributed by atoms with Crippen molar-refractivity contribution in [3.8, 4) is 23.0 Å². The first-order valence-electron chi connectivity index (χ1n) is 9.22. The third kappa shape index (κ3) is 3.88. The summed E-state index contributed by atoms with van der Waals surface area (Å²) in [5.41, 5.74) is 1.43. The highest BCUT2D eigenvalue weighted by atomic mass is 16.7. The van der Waals surface area contributed by atoms with Crippen LogP contribution in [0.5, 0.6) is 23.0 Å². The average Bonchev–Trinajstić information content (AvgIpc) is 3.19. The highest BCUT2D eigenvalue weighted by Crippen LogP contribution is 2.34. The number of hydrogen-bond acceptors (Lipinski definition) is 6. The van der Waals surface area contributed by atoms with E-state index in [2.05, 4.69) is 5.32 Å². The zero-order valence-corrected chi connectivity index (χ0v) is 15.5. The highest BCUT2D eigenvalue weighted by molar-refractivity contribution is 5.98. The molecule has 4 rings (SSSR count). The third-order valence-corrected chi connectivity index (χ3v) is 4.72. The van der Waals surface area contributed by atoms with Gasteiger partial charge in [0.1, 0.15) is 13.2 Å². The number of ether oxygens (including phenoxy) is 4. The largest absolute Gasteiger partial charge is 0.486 e. The van der Waals surface area contributed by atoms with E-state index < -0.39 is 0 Å². The van der Waals surface area contributed by atoms with Crippen LogP contribution in [0, 0.1) is 0 Å². The van der Waals surface area contributed by atoms with E-state index in [-0.39, 0.29) is 37.4 Å². The Labute approximate surface area is 162 Å². The van der Waals surface area contributed by atoms with Crippen molar-refractivity contribution in [3.63, 3.8) is 0 Å². The molecule has 2 aliphatic heterocycles. The van der Waals surface area contributed by atoms with Crippen molar-refractivity contribution in [3.05, 3.63) is 47.5 Å². The number of fused-ring (bicyclic) bond motifs is 2. The molecule has 0 saturated heterocycles. The van der Waals surface area contributed by atoms with Crippen LogP contribution in [0.25, 0.3) is 0 Å². The van der Waals surface area contributed by atoms with Crippen molar-refractivity contribution in [2.75, 3.05) is 20.0 Å². The fourth-order valence-corrected chi connectivity index (χ4v) is 3.17. The summed E-state index contributed by atoms with van der Waals surface area (Å²) in [6.07, 6.45) is 0.238. The molecule has 0 spiro atoms. The van der Waals surface area contributed by atoms with E-state index in [0.717, 1.165) is 5.56 Å². The summed E-state index contributed by atoms with van der Waals surface area (Å²) in [6, 6.07) is 10.5. The lowest BCUT2D eigenvalue weighted by atomic mass is 10.0. The number of nitrogens with one attached hydrogen (secondary N) is 1. The quantitative estimate of drug-likeness (QED) is 0.772. The number of benzene rings is 2. The van der Waals surface area contributed by atoms with Gasteiger partial charge in [-0.2, -0.15) is 0 Å². The summed E-state index contributed by atoms with van der Waals surface area (Å²) < 4.78 is 21.6. The first kappa shape index (κ1) is 18.2. The standard InChI is InChI=1S/C21H21NO6/c1-13(14-2-5-18-20(10-14)28-12-27-18)22-21(24)7-4-16(23)15-3-6-17-19(11-15)26-9-8-25-17/h2-3,5-6,10-11,13H,4,7-9,12H2,1H3,(H,22,24)/t13-/m0/s1. The van der Waals surface area contributed by atoms with Gasteiger partial charge in [0, 0.05) is 18.4 Å². The predicted octanol–water partition coefficient (Wildman–Crippen LogP) is 3.03. The molecule has 7 heteroatoms. The van der Waals surface area contributed by atoms with Gasteiger partial charge in [0.2, 0.25) is 12.7 Å². The van der Waals surface area contributed by atoms with Crippen LogP contribution in [-0.2, 0) is 4.79 Å². The Morgan fingerprint density at radius 1 is 0.893 bits per heavy atom. The van der Waals surface area contributed by atoms with Gasteiger partial charge in [0.25, 0.3) is 0 Å². The van der Waals surface area contributed by atoms with E-state index in [4.69, 9.17) is 18.9 Å². The molecule has 7 nitrogen and oxygen atoms in total. The smallest absolute Gasteiger partial charge is 0.231 e. The highest BCUT2D eigenvalue weighted by Gasteiger charge is 2.18. The van der Waals surface area contributed by atoms with Crippen molar-refractivity contribution < 1.29 is 28.5 Å². The minimum absolute atomic E-state index is 0.108. The molecular weight excluding hydrogens is 362 g/mol. The van der Waals surface area contributed by atoms with E-state index in [1.165, 1.54) is 0 Å². The number of Topliss-reactive ketones (excluding diaryl/α,β-unsaturated/α-hetero) is 1. The van der Waals surface area contributed by atoms with E-state index >= 15 is 0 Å². The Morgan fingerprint density at radius 3 is 2.43 bits per heavy atom. The van der Waals surface area contributed by atoms with Crippen LogP contribution in [0.15, 0.2) is 36.4 Å². The van der Waals surface area contributed by atoms with E-state index in [0.29, 0.717) is 41.8 Å². The molecule has 0 radical (unpaired) electrons. The van der Waals surface area contributed by atoms with Crippen LogP contribution < -0.4 is 24.3 Å². The van der Waals surface area contributed by atoms with Gasteiger partial charge < -0.3 is 24.3 Å². The van der Waals surface area contributed by atoms with Crippen LogP contribution in [0.3, 0.4) is 0 Å². The van der Waals surface area contributed by atoms with Crippen molar-refractivity contribution >= 4 is 11.7 Å². The van der Waals surface area contributed by atoms with Crippen molar-refractivity contribution in [1.29, 1.82) is 0 Å². The molecule has 1 N–H and O–H groups in total. The molecule has 2 heterocycles. The second-order valence-electron chi connectivity index (χ2n) is 6.68. The normalized spacial score (nSPS) is 15.0. The van der Waals surface area contributed by atoms with Crippen LogP contribution in [0.2, 0.25) is 0 Å². The Bertz CT molecular complexity index is 910. The van der Waals surface area contributed by atoms with Gasteiger partial charge in [0.15, 0.2) is 28.8 Å². The van der Waals surface area contributed by atoms with Gasteiger partial charge in [-0.25, -0.2) is 0 Å². The van der Waals surface area contributed by atoms with Gasteiger partial charge in [-0.05, 0) is 42.8 Å². The molecule has 2 aliphatic rings. The molecule has 0 aliphatic carbocycles. The molecule has 2 aromatic rings. The lowest BCUT2D eigenvalue weighted by molar-refractivity contribution is -0.121. The molecular formula is C21H21NO6. The van der Waals surface area contributed by atoms with Crippen molar-refractivity contribution in [2.24, 2.45) is 0 Å². The number of carbonyl (C=O) groups excluding carboxylic acids is 2. The Hall–Kier alpha value is -3.22. The van der Waals surface area contributed by atoms with Crippen LogP contribution >= 0.6 is 0 Å². The van der Waals surface area contributed by atoms with Gasteiger partial charge in [0.05, 0.1) is 6.04 Å². The fourth-order valence-electron chi connectivity index (χ4n) is 3.17. The molecule has 0 bridgehead atoms. The zero-order chi connectivity index (χ0) is 19.5. The lowest BCUT2D eigenvalue weighted by Crippen LogP contribution is -2.27. The van der Waals surface area contributed by atoms with Crippen molar-refractivity contribution in [2.45, 2.75) is 25.8 Å². The van der Waals surface area contributed by atoms with E-state index in [1.54, 1.807) is 18.2 Å². The monoisotopic (exact) mass is 383 g/mol. The molecule has 146 valence electrons. The molecule has 28 heavy (non-hydrogen) atoms. The summed E-state index contributed by atoms with van der Waals surface area (Å²) in [5, 5.41) is 2.91. The molecule has 0 fully saturated rings. The fraction of sp³-hybridized carbons (Fsp3) is 0.333. The summed E-state index contributed by atoms with van der Waals surface area (Å²) in [7, 11) is 0. The lowest BCUT2D eigenvalue weighted by Gasteiger charge is -2.18. The first-order valence-corrected chi connectivity index (χ1v) is 9.22. The number of ketones is 1. The first-order chi connectivity index (χ1) is 13.6. The Kier molecular flexibility index (Phi) is 5.06. The summed E-state index contributed by atoms with van der Waals surface area (Å²) in [5.74, 6) is 2.29. The number of carbonyl (C=O) groups is 2. The van der Waals surface area contributed by atoms with Gasteiger partial charge >= 0.3 is 0 Å². The third-order valence-electron chi connectivity index (χ3n) is 4.72. The zero-order valence-electron chi connectivity index (χ0n) is 15.5. The molecule has 1 atom stereocenters. The Morgan fingerprint density at radius 2 is 1.57 bits per heavy atom. The second kappa shape index (κ2) is 7.80. The SMILES string of the molecule is C[C@H](NC(=O)CCC(=O)c1ccc2c(c1)OCCO2)c1ccc2c(c1)OCO2. The van der Waals surface area contributed by atoms with E-state index in [9.17, 15) is 9.59 Å². The molecule has 1 amide bonds. The molecule has 0 aromatic heterocycles. The van der Waals surface area contributed by atoms with Gasteiger partial charge in [-0.15, -0.1) is 0 Å². The van der Waals surface area contributed by atoms with Crippen LogP contribution in [0.1, 0.15) is 41.7 Å². The maximum atomic E-state index is 12.4. The second-order valence-corrected chi connectivity index (χ2v) is 6.68. The number of rotatable bonds is 6.